The maximum Gasteiger partial charge on any atom is 0.245 e. The van der Waals surface area contributed by atoms with Crippen molar-refractivity contribution < 1.29 is 14.6 Å². The highest BCUT2D eigenvalue weighted by molar-refractivity contribution is 6.99. The van der Waals surface area contributed by atoms with E-state index in [1.165, 1.54) is 6.20 Å². The highest BCUT2D eigenvalue weighted by atomic mass is 32.1. The highest BCUT2D eigenvalue weighted by Gasteiger charge is 2.24. The standard InChI is InChI=1S/C10H17N3O3S/c1-7-9(2-3-15-7)11-4-8(14)6-16-10-5-12-17-13-10/h5,7-9,11,14H,2-4,6H2,1H3. The van der Waals surface area contributed by atoms with E-state index >= 15 is 0 Å². The SMILES string of the molecule is CC1OCCC1NCC(O)COc1cnsn1. The van der Waals surface area contributed by atoms with Crippen LogP contribution in [0.1, 0.15) is 13.3 Å². The highest BCUT2D eigenvalue weighted by Crippen LogP contribution is 2.12. The minimum atomic E-state index is -0.551. The lowest BCUT2D eigenvalue weighted by atomic mass is 10.1. The third-order valence-corrected chi connectivity index (χ3v) is 3.22. The first kappa shape index (κ1) is 12.7. The molecule has 0 saturated carbocycles. The van der Waals surface area contributed by atoms with Crippen LogP contribution < -0.4 is 10.1 Å². The first-order valence-corrected chi connectivity index (χ1v) is 6.42. The Balaban J connectivity index is 1.62. The monoisotopic (exact) mass is 259 g/mol. The molecule has 1 aliphatic rings. The van der Waals surface area contributed by atoms with Crippen LogP contribution in [0.4, 0.5) is 0 Å². The fourth-order valence-corrected chi connectivity index (χ4v) is 2.11. The molecule has 1 saturated heterocycles. The Morgan fingerprint density at radius 2 is 2.65 bits per heavy atom. The van der Waals surface area contributed by atoms with E-state index in [9.17, 15) is 5.11 Å². The van der Waals surface area contributed by atoms with E-state index in [0.29, 0.717) is 18.5 Å². The van der Waals surface area contributed by atoms with Crippen LogP contribution in [-0.4, -0.2) is 51.9 Å². The minimum absolute atomic E-state index is 0.214. The average molecular weight is 259 g/mol. The molecule has 3 unspecified atom stereocenters. The molecule has 1 aromatic rings. The van der Waals surface area contributed by atoms with Gasteiger partial charge in [-0.1, -0.05) is 0 Å². The number of aromatic nitrogens is 2. The Hall–Kier alpha value is -0.760. The van der Waals surface area contributed by atoms with Gasteiger partial charge in [0.1, 0.15) is 18.9 Å². The molecule has 0 bridgehead atoms. The molecule has 6 nitrogen and oxygen atoms in total. The van der Waals surface area contributed by atoms with Crippen molar-refractivity contribution in [1.82, 2.24) is 14.1 Å². The van der Waals surface area contributed by atoms with Crippen molar-refractivity contribution >= 4 is 11.7 Å². The molecule has 0 aliphatic carbocycles. The summed E-state index contributed by atoms with van der Waals surface area (Å²) in [5, 5.41) is 13.0. The van der Waals surface area contributed by atoms with Crippen molar-refractivity contribution in [2.75, 3.05) is 19.8 Å². The number of hydrogen-bond acceptors (Lipinski definition) is 7. The molecule has 1 aromatic heterocycles. The largest absolute Gasteiger partial charge is 0.473 e. The Bertz CT molecular complexity index is 323. The lowest BCUT2D eigenvalue weighted by molar-refractivity contribution is 0.0886. The Labute approximate surface area is 104 Å². The van der Waals surface area contributed by atoms with E-state index in [-0.39, 0.29) is 12.7 Å². The molecule has 0 aromatic carbocycles. The van der Waals surface area contributed by atoms with Crippen LogP contribution in [0.2, 0.25) is 0 Å². The van der Waals surface area contributed by atoms with Crippen molar-refractivity contribution in [2.24, 2.45) is 0 Å². The second kappa shape index (κ2) is 6.25. The molecule has 0 amide bonds. The predicted octanol–water partition coefficient (Wildman–Crippen LogP) is 0.0448. The van der Waals surface area contributed by atoms with Gasteiger partial charge in [0, 0.05) is 19.2 Å². The molecule has 2 rings (SSSR count). The third-order valence-electron chi connectivity index (χ3n) is 2.76. The van der Waals surface area contributed by atoms with Gasteiger partial charge >= 0.3 is 0 Å². The van der Waals surface area contributed by atoms with Gasteiger partial charge in [0.25, 0.3) is 0 Å². The van der Waals surface area contributed by atoms with Gasteiger partial charge in [-0.25, -0.2) is 0 Å². The summed E-state index contributed by atoms with van der Waals surface area (Å²) in [6.07, 6.45) is 2.19. The van der Waals surface area contributed by atoms with Gasteiger partial charge in [0.05, 0.1) is 17.8 Å². The zero-order valence-corrected chi connectivity index (χ0v) is 10.5. The molecular weight excluding hydrogens is 242 g/mol. The summed E-state index contributed by atoms with van der Waals surface area (Å²) in [5.74, 6) is 0.464. The number of hydrogen-bond donors (Lipinski definition) is 2. The number of nitrogens with one attached hydrogen (secondary N) is 1. The van der Waals surface area contributed by atoms with E-state index < -0.39 is 6.10 Å². The Kier molecular flexibility index (Phi) is 4.66. The molecule has 7 heteroatoms. The summed E-state index contributed by atoms with van der Waals surface area (Å²) >= 11 is 1.09. The first-order valence-electron chi connectivity index (χ1n) is 5.69. The second-order valence-corrected chi connectivity index (χ2v) is 4.65. The zero-order chi connectivity index (χ0) is 12.1. The fourth-order valence-electron chi connectivity index (χ4n) is 1.75. The number of ether oxygens (including phenoxy) is 2. The number of nitrogens with zero attached hydrogens (tertiary/aromatic N) is 2. The fraction of sp³-hybridized carbons (Fsp3) is 0.800. The van der Waals surface area contributed by atoms with Crippen LogP contribution in [0.15, 0.2) is 6.20 Å². The minimum Gasteiger partial charge on any atom is -0.473 e. The van der Waals surface area contributed by atoms with Gasteiger partial charge in [0.2, 0.25) is 5.88 Å². The van der Waals surface area contributed by atoms with Crippen LogP contribution in [0.3, 0.4) is 0 Å². The molecule has 3 atom stereocenters. The smallest absolute Gasteiger partial charge is 0.245 e. The van der Waals surface area contributed by atoms with Gasteiger partial charge in [-0.3, -0.25) is 0 Å². The molecule has 2 heterocycles. The van der Waals surface area contributed by atoms with Crippen LogP contribution in [0, 0.1) is 0 Å². The number of rotatable bonds is 6. The Morgan fingerprint density at radius 3 is 3.29 bits per heavy atom. The van der Waals surface area contributed by atoms with E-state index in [1.54, 1.807) is 0 Å². The van der Waals surface area contributed by atoms with Gasteiger partial charge in [-0.2, -0.15) is 4.37 Å². The lowest BCUT2D eigenvalue weighted by Gasteiger charge is -2.18. The van der Waals surface area contributed by atoms with Crippen molar-refractivity contribution in [3.8, 4) is 5.88 Å². The maximum atomic E-state index is 9.72. The zero-order valence-electron chi connectivity index (χ0n) is 9.70. The average Bonchev–Trinajstić information content (AvgIpc) is 2.95. The quantitative estimate of drug-likeness (QED) is 0.751. The maximum absolute atomic E-state index is 9.72. The van der Waals surface area contributed by atoms with Crippen LogP contribution in [0.5, 0.6) is 5.88 Å². The second-order valence-electron chi connectivity index (χ2n) is 4.09. The molecular formula is C10H17N3O3S. The summed E-state index contributed by atoms with van der Waals surface area (Å²) in [7, 11) is 0. The van der Waals surface area contributed by atoms with Gasteiger partial charge in [-0.15, -0.1) is 4.37 Å². The van der Waals surface area contributed by atoms with Gasteiger partial charge < -0.3 is 19.9 Å². The van der Waals surface area contributed by atoms with E-state index in [1.807, 2.05) is 6.92 Å². The van der Waals surface area contributed by atoms with Gasteiger partial charge in [-0.05, 0) is 13.3 Å². The molecule has 0 spiro atoms. The summed E-state index contributed by atoms with van der Waals surface area (Å²) in [6, 6.07) is 0.325. The Morgan fingerprint density at radius 1 is 1.76 bits per heavy atom. The van der Waals surface area contributed by atoms with Gasteiger partial charge in [0.15, 0.2) is 0 Å². The lowest BCUT2D eigenvalue weighted by Crippen LogP contribution is -2.41. The normalized spacial score (nSPS) is 26.0. The van der Waals surface area contributed by atoms with Crippen molar-refractivity contribution in [3.63, 3.8) is 0 Å². The van der Waals surface area contributed by atoms with E-state index in [0.717, 1.165) is 24.8 Å². The number of aliphatic hydroxyl groups is 1. The van der Waals surface area contributed by atoms with Crippen LogP contribution >= 0.6 is 11.7 Å². The van der Waals surface area contributed by atoms with Crippen molar-refractivity contribution in [2.45, 2.75) is 31.6 Å². The van der Waals surface area contributed by atoms with Crippen LogP contribution in [0.25, 0.3) is 0 Å². The summed E-state index contributed by atoms with van der Waals surface area (Å²) in [6.45, 7) is 3.54. The molecule has 0 radical (unpaired) electrons. The predicted molar refractivity (Wildman–Crippen MR) is 63.2 cm³/mol. The van der Waals surface area contributed by atoms with E-state index in [4.69, 9.17) is 9.47 Å². The summed E-state index contributed by atoms with van der Waals surface area (Å²) in [5.41, 5.74) is 0. The van der Waals surface area contributed by atoms with Crippen molar-refractivity contribution in [1.29, 1.82) is 0 Å². The third kappa shape index (κ3) is 3.88. The number of aliphatic hydroxyl groups excluding tert-OH is 1. The molecule has 96 valence electrons. The van der Waals surface area contributed by atoms with Crippen molar-refractivity contribution in [3.05, 3.63) is 6.20 Å². The molecule has 1 aliphatic heterocycles. The topological polar surface area (TPSA) is 76.5 Å². The van der Waals surface area contributed by atoms with E-state index in [2.05, 4.69) is 14.1 Å². The molecule has 1 fully saturated rings. The van der Waals surface area contributed by atoms with Crippen LogP contribution in [-0.2, 0) is 4.74 Å². The molecule has 2 N–H and O–H groups in total. The molecule has 17 heavy (non-hydrogen) atoms. The first-order chi connectivity index (χ1) is 8.25. The summed E-state index contributed by atoms with van der Waals surface area (Å²) in [4.78, 5) is 0. The summed E-state index contributed by atoms with van der Waals surface area (Å²) < 4.78 is 18.4.